The Balaban J connectivity index is 1.50. The van der Waals surface area contributed by atoms with Gasteiger partial charge in [0.05, 0.1) is 6.54 Å². The highest BCUT2D eigenvalue weighted by Gasteiger charge is 2.22. The Labute approximate surface area is 158 Å². The van der Waals surface area contributed by atoms with Crippen molar-refractivity contribution in [1.29, 1.82) is 0 Å². The molecule has 0 bridgehead atoms. The molecule has 0 aliphatic carbocycles. The van der Waals surface area contributed by atoms with E-state index in [4.69, 9.17) is 4.74 Å². The summed E-state index contributed by atoms with van der Waals surface area (Å²) < 4.78 is 29.8. The molecule has 1 heterocycles. The van der Waals surface area contributed by atoms with E-state index >= 15 is 0 Å². The van der Waals surface area contributed by atoms with Crippen LogP contribution >= 0.6 is 0 Å². The van der Waals surface area contributed by atoms with Crippen LogP contribution < -0.4 is 10.6 Å². The van der Waals surface area contributed by atoms with Gasteiger partial charge in [0.15, 0.2) is 0 Å². The summed E-state index contributed by atoms with van der Waals surface area (Å²) in [4.78, 5) is 25.3. The molecule has 2 rings (SSSR count). The monoisotopic (exact) mass is 383 g/mol. The van der Waals surface area contributed by atoms with Gasteiger partial charge in [0, 0.05) is 32.1 Å². The molecule has 1 aromatic rings. The first-order valence-electron chi connectivity index (χ1n) is 9.27. The van der Waals surface area contributed by atoms with Crippen molar-refractivity contribution in [2.24, 2.45) is 0 Å². The zero-order chi connectivity index (χ0) is 19.5. The van der Waals surface area contributed by atoms with Gasteiger partial charge in [-0.3, -0.25) is 9.69 Å². The van der Waals surface area contributed by atoms with Crippen molar-refractivity contribution in [2.75, 3.05) is 26.2 Å². The molecule has 0 radical (unpaired) electrons. The fourth-order valence-electron chi connectivity index (χ4n) is 2.97. The van der Waals surface area contributed by atoms with E-state index in [1.54, 1.807) is 4.90 Å². The van der Waals surface area contributed by atoms with E-state index < -0.39 is 12.5 Å². The number of hydrogen-bond acceptors (Lipinski definition) is 4. The summed E-state index contributed by atoms with van der Waals surface area (Å²) in [5.74, 6) is -0.0817. The minimum absolute atomic E-state index is 0.0372. The second kappa shape index (κ2) is 11.5. The summed E-state index contributed by atoms with van der Waals surface area (Å²) >= 11 is 0. The van der Waals surface area contributed by atoms with Gasteiger partial charge < -0.3 is 15.4 Å². The Hall–Kier alpha value is -2.22. The molecule has 1 saturated heterocycles. The standard InChI is InChI=1S/C19H27F2N3O3/c20-17(21)13-24-11-8-16(9-12-24)23-18(25)7-4-10-22-19(26)27-14-15-5-2-1-3-6-15/h1-3,5-6,16-17H,4,7-14H2,(H,22,26)(H,23,25). The molecule has 0 atom stereocenters. The zero-order valence-corrected chi connectivity index (χ0v) is 15.3. The number of carbonyl (C=O) groups excluding carboxylic acids is 2. The highest BCUT2D eigenvalue weighted by molar-refractivity contribution is 5.76. The molecule has 1 aliphatic heterocycles. The number of alkyl carbamates (subject to hydrolysis) is 1. The van der Waals surface area contributed by atoms with Crippen LogP contribution in [0.1, 0.15) is 31.2 Å². The van der Waals surface area contributed by atoms with Crippen molar-refractivity contribution in [3.05, 3.63) is 35.9 Å². The van der Waals surface area contributed by atoms with E-state index in [1.807, 2.05) is 30.3 Å². The number of nitrogens with one attached hydrogen (secondary N) is 2. The predicted octanol–water partition coefficient (Wildman–Crippen LogP) is 2.54. The van der Waals surface area contributed by atoms with E-state index in [9.17, 15) is 18.4 Å². The first-order chi connectivity index (χ1) is 13.0. The SMILES string of the molecule is O=C(CCCNC(=O)OCc1ccccc1)NC1CCN(CC(F)F)CC1. The van der Waals surface area contributed by atoms with Crippen LogP contribution in [-0.2, 0) is 16.1 Å². The lowest BCUT2D eigenvalue weighted by Crippen LogP contribution is -2.45. The lowest BCUT2D eigenvalue weighted by atomic mass is 10.0. The number of alkyl halides is 2. The number of nitrogens with zero attached hydrogens (tertiary/aromatic N) is 1. The van der Waals surface area contributed by atoms with Gasteiger partial charge in [-0.05, 0) is 24.8 Å². The van der Waals surface area contributed by atoms with Crippen molar-refractivity contribution in [3.63, 3.8) is 0 Å². The molecule has 2 N–H and O–H groups in total. The van der Waals surface area contributed by atoms with Crippen LogP contribution in [0.25, 0.3) is 0 Å². The van der Waals surface area contributed by atoms with Crippen LogP contribution in [0, 0.1) is 0 Å². The van der Waals surface area contributed by atoms with Gasteiger partial charge >= 0.3 is 6.09 Å². The van der Waals surface area contributed by atoms with Gasteiger partial charge in [0.25, 0.3) is 6.43 Å². The second-order valence-electron chi connectivity index (χ2n) is 6.63. The minimum atomic E-state index is -2.32. The van der Waals surface area contributed by atoms with E-state index in [0.717, 1.165) is 5.56 Å². The van der Waals surface area contributed by atoms with Crippen LogP contribution in [0.5, 0.6) is 0 Å². The summed E-state index contributed by atoms with van der Waals surface area (Å²) in [6.45, 7) is 1.51. The lowest BCUT2D eigenvalue weighted by Gasteiger charge is -2.32. The molecule has 6 nitrogen and oxygen atoms in total. The maximum Gasteiger partial charge on any atom is 0.407 e. The van der Waals surface area contributed by atoms with Crippen molar-refractivity contribution in [2.45, 2.75) is 44.8 Å². The molecule has 0 spiro atoms. The van der Waals surface area contributed by atoms with Crippen LogP contribution in [0.3, 0.4) is 0 Å². The maximum atomic E-state index is 12.3. The fraction of sp³-hybridized carbons (Fsp3) is 0.579. The number of rotatable bonds is 9. The van der Waals surface area contributed by atoms with Crippen LogP contribution in [0.15, 0.2) is 30.3 Å². The van der Waals surface area contributed by atoms with Gasteiger partial charge in [-0.1, -0.05) is 30.3 Å². The Morgan fingerprint density at radius 3 is 2.56 bits per heavy atom. The van der Waals surface area contributed by atoms with Crippen LogP contribution in [0.2, 0.25) is 0 Å². The predicted molar refractivity (Wildman–Crippen MR) is 97.5 cm³/mol. The van der Waals surface area contributed by atoms with Gasteiger partial charge in [0.1, 0.15) is 6.61 Å². The van der Waals surface area contributed by atoms with E-state index in [2.05, 4.69) is 10.6 Å². The molecule has 2 amide bonds. The van der Waals surface area contributed by atoms with Crippen LogP contribution in [-0.4, -0.2) is 55.5 Å². The molecule has 27 heavy (non-hydrogen) atoms. The van der Waals surface area contributed by atoms with E-state index in [-0.39, 0.29) is 25.1 Å². The molecule has 150 valence electrons. The van der Waals surface area contributed by atoms with Crippen molar-refractivity contribution in [3.8, 4) is 0 Å². The molecule has 0 saturated carbocycles. The molecular weight excluding hydrogens is 356 g/mol. The number of halogens is 2. The average molecular weight is 383 g/mol. The summed E-state index contributed by atoms with van der Waals surface area (Å²) in [6.07, 6.45) is -0.647. The van der Waals surface area contributed by atoms with Gasteiger partial charge in [-0.25, -0.2) is 13.6 Å². The Kier molecular flexibility index (Phi) is 8.97. The molecule has 8 heteroatoms. The van der Waals surface area contributed by atoms with Crippen molar-refractivity contribution < 1.29 is 23.1 Å². The quantitative estimate of drug-likeness (QED) is 0.643. The smallest absolute Gasteiger partial charge is 0.407 e. The highest BCUT2D eigenvalue weighted by Crippen LogP contribution is 2.12. The van der Waals surface area contributed by atoms with Crippen molar-refractivity contribution >= 4 is 12.0 Å². The van der Waals surface area contributed by atoms with Gasteiger partial charge in [-0.15, -0.1) is 0 Å². The van der Waals surface area contributed by atoms with Crippen molar-refractivity contribution in [1.82, 2.24) is 15.5 Å². The topological polar surface area (TPSA) is 70.7 Å². The number of amides is 2. The number of piperidine rings is 1. The largest absolute Gasteiger partial charge is 0.445 e. The Morgan fingerprint density at radius 2 is 1.89 bits per heavy atom. The highest BCUT2D eigenvalue weighted by atomic mass is 19.3. The third kappa shape index (κ3) is 8.81. The molecule has 0 aromatic heterocycles. The summed E-state index contributed by atoms with van der Waals surface area (Å²) in [7, 11) is 0. The Morgan fingerprint density at radius 1 is 1.19 bits per heavy atom. The number of carbonyl (C=O) groups is 2. The van der Waals surface area contributed by atoms with Gasteiger partial charge in [-0.2, -0.15) is 0 Å². The van der Waals surface area contributed by atoms with E-state index in [1.165, 1.54) is 0 Å². The number of benzene rings is 1. The van der Waals surface area contributed by atoms with E-state index in [0.29, 0.717) is 45.3 Å². The number of hydrogen-bond donors (Lipinski definition) is 2. The number of likely N-dealkylation sites (tertiary alicyclic amines) is 1. The normalized spacial score (nSPS) is 15.5. The maximum absolute atomic E-state index is 12.3. The first-order valence-corrected chi connectivity index (χ1v) is 9.27. The number of ether oxygens (including phenoxy) is 1. The average Bonchev–Trinajstić information content (AvgIpc) is 2.65. The summed E-state index contributed by atoms with van der Waals surface area (Å²) in [5.41, 5.74) is 0.909. The zero-order valence-electron chi connectivity index (χ0n) is 15.3. The van der Waals surface area contributed by atoms with Gasteiger partial charge in [0.2, 0.25) is 5.91 Å². The third-order valence-electron chi connectivity index (χ3n) is 4.41. The fourth-order valence-corrected chi connectivity index (χ4v) is 2.97. The summed E-state index contributed by atoms with van der Waals surface area (Å²) in [6, 6.07) is 9.41. The minimum Gasteiger partial charge on any atom is -0.445 e. The van der Waals surface area contributed by atoms with Crippen LogP contribution in [0.4, 0.5) is 13.6 Å². The molecular formula is C19H27F2N3O3. The molecule has 1 aromatic carbocycles. The second-order valence-corrected chi connectivity index (χ2v) is 6.63. The molecule has 0 unspecified atom stereocenters. The molecule has 1 aliphatic rings. The first kappa shape index (κ1) is 21.1. The molecule has 1 fully saturated rings. The lowest BCUT2D eigenvalue weighted by molar-refractivity contribution is -0.122. The summed E-state index contributed by atoms with van der Waals surface area (Å²) in [5, 5.41) is 5.55. The Bertz CT molecular complexity index is 579. The third-order valence-corrected chi connectivity index (χ3v) is 4.41.